The molecule has 2 aromatic carbocycles. The van der Waals surface area contributed by atoms with Gasteiger partial charge in [-0.15, -0.1) is 0 Å². The Bertz CT molecular complexity index is 2190. The Morgan fingerprint density at radius 3 is 2.43 bits per heavy atom. The topological polar surface area (TPSA) is 130 Å². The van der Waals surface area contributed by atoms with Gasteiger partial charge in [-0.1, -0.05) is 65.7 Å². The quantitative estimate of drug-likeness (QED) is 0.182. The van der Waals surface area contributed by atoms with Crippen LogP contribution in [0, 0.1) is 0 Å². The van der Waals surface area contributed by atoms with E-state index in [1.54, 1.807) is 19.5 Å². The molecule has 0 saturated carbocycles. The summed E-state index contributed by atoms with van der Waals surface area (Å²) in [5, 5.41) is 10.2. The minimum absolute atomic E-state index is 0.0252. The highest BCUT2D eigenvalue weighted by atomic mass is 35.5. The SMILES string of the molecule is COc1nc(-c2cccc(-c3cccc(-c4ccn5c(=O)c(CN6CCNC(=O)CC6)cnc5c4)c3Cl)c2Cl)ccc1CNC[C@H]1CCC(=O)N1. The van der Waals surface area contributed by atoms with Crippen molar-refractivity contribution in [2.24, 2.45) is 0 Å². The first-order valence-electron chi connectivity index (χ1n) is 16.9. The normalized spacial score (nSPS) is 16.6. The lowest BCUT2D eigenvalue weighted by Crippen LogP contribution is -2.35. The van der Waals surface area contributed by atoms with E-state index in [9.17, 15) is 14.4 Å². The van der Waals surface area contributed by atoms with E-state index in [1.807, 2.05) is 60.7 Å². The molecule has 5 heterocycles. The highest BCUT2D eigenvalue weighted by Crippen LogP contribution is 2.42. The second kappa shape index (κ2) is 15.2. The molecule has 0 unspecified atom stereocenters. The molecule has 1 atom stereocenters. The largest absolute Gasteiger partial charge is 0.481 e. The van der Waals surface area contributed by atoms with Crippen molar-refractivity contribution in [1.29, 1.82) is 0 Å². The molecule has 2 amide bonds. The summed E-state index contributed by atoms with van der Waals surface area (Å²) in [5.74, 6) is 0.607. The number of carbonyl (C=O) groups is 2. The van der Waals surface area contributed by atoms with Crippen molar-refractivity contribution >= 4 is 40.7 Å². The molecule has 51 heavy (non-hydrogen) atoms. The van der Waals surface area contributed by atoms with Gasteiger partial charge in [-0.25, -0.2) is 9.97 Å². The van der Waals surface area contributed by atoms with Gasteiger partial charge in [0.2, 0.25) is 17.7 Å². The number of methoxy groups -OCH3 is 1. The highest BCUT2D eigenvalue weighted by Gasteiger charge is 2.21. The van der Waals surface area contributed by atoms with E-state index in [0.29, 0.717) is 84.9 Å². The summed E-state index contributed by atoms with van der Waals surface area (Å²) in [4.78, 5) is 48.1. The molecule has 3 aromatic heterocycles. The average molecular weight is 727 g/mol. The molecule has 0 radical (unpaired) electrons. The van der Waals surface area contributed by atoms with Gasteiger partial charge in [0.15, 0.2) is 0 Å². The average Bonchev–Trinajstić information content (AvgIpc) is 3.45. The van der Waals surface area contributed by atoms with Crippen LogP contribution in [0.5, 0.6) is 5.88 Å². The molecule has 11 nitrogen and oxygen atoms in total. The maximum absolute atomic E-state index is 13.4. The van der Waals surface area contributed by atoms with E-state index in [4.69, 9.17) is 32.9 Å². The summed E-state index contributed by atoms with van der Waals surface area (Å²) in [6.45, 7) is 3.45. The zero-order valence-corrected chi connectivity index (χ0v) is 29.6. The lowest BCUT2D eigenvalue weighted by Gasteiger charge is -2.18. The van der Waals surface area contributed by atoms with Crippen LogP contribution in [-0.4, -0.2) is 70.4 Å². The van der Waals surface area contributed by atoms with Crippen molar-refractivity contribution in [3.63, 3.8) is 0 Å². The van der Waals surface area contributed by atoms with Gasteiger partial charge in [0, 0.05) is 98.4 Å². The van der Waals surface area contributed by atoms with Gasteiger partial charge in [-0.2, -0.15) is 0 Å². The first-order valence-corrected chi connectivity index (χ1v) is 17.7. The van der Waals surface area contributed by atoms with Crippen molar-refractivity contribution in [2.75, 3.05) is 33.3 Å². The van der Waals surface area contributed by atoms with Crippen molar-refractivity contribution < 1.29 is 14.3 Å². The van der Waals surface area contributed by atoms with Gasteiger partial charge in [0.05, 0.1) is 28.4 Å². The number of carbonyl (C=O) groups excluding carboxylic acids is 2. The first kappa shape index (κ1) is 34.6. The number of nitrogens with zero attached hydrogens (tertiary/aromatic N) is 4. The fourth-order valence-electron chi connectivity index (χ4n) is 6.64. The molecular weight excluding hydrogens is 689 g/mol. The Morgan fingerprint density at radius 1 is 0.902 bits per heavy atom. The Hall–Kier alpha value is -4.81. The van der Waals surface area contributed by atoms with Crippen molar-refractivity contribution in [3.8, 4) is 39.4 Å². The summed E-state index contributed by atoms with van der Waals surface area (Å²) in [7, 11) is 1.59. The van der Waals surface area contributed by atoms with Crippen LogP contribution in [0.1, 0.15) is 30.4 Å². The monoisotopic (exact) mass is 725 g/mol. The van der Waals surface area contributed by atoms with E-state index in [0.717, 1.165) is 39.8 Å². The standard InChI is InChI=1S/C38H37Cl2N7O4/c1-51-37-24(19-41-21-26-9-11-34(49)44-26)8-10-31(45-37)30-7-3-6-29(36(30)40)28-5-2-4-27(35(28)39)23-12-16-47-32(18-23)43-20-25(38(47)50)22-46-15-13-33(48)42-14-17-46/h2-8,10,12,16,18,20,26,41H,9,11,13-15,17,19,21-22H2,1H3,(H,42,48)(H,44,49)/t26-/m1/s1. The lowest BCUT2D eigenvalue weighted by molar-refractivity contribution is -0.121. The molecular formula is C38H37Cl2N7O4. The molecule has 2 saturated heterocycles. The molecule has 2 fully saturated rings. The number of ether oxygens (including phenoxy) is 1. The van der Waals surface area contributed by atoms with Crippen molar-refractivity contribution in [2.45, 2.75) is 38.4 Å². The summed E-state index contributed by atoms with van der Waals surface area (Å²) < 4.78 is 7.18. The zero-order valence-electron chi connectivity index (χ0n) is 28.0. The predicted octanol–water partition coefficient (Wildman–Crippen LogP) is 5.10. The van der Waals surface area contributed by atoms with E-state index < -0.39 is 0 Å². The van der Waals surface area contributed by atoms with Crippen LogP contribution in [0.2, 0.25) is 10.0 Å². The summed E-state index contributed by atoms with van der Waals surface area (Å²) in [5.41, 5.74) is 6.27. The number of hydrogen-bond donors (Lipinski definition) is 3. The van der Waals surface area contributed by atoms with Gasteiger partial charge in [0.25, 0.3) is 5.56 Å². The number of amides is 2. The lowest BCUT2D eigenvalue weighted by atomic mass is 9.97. The van der Waals surface area contributed by atoms with E-state index >= 15 is 0 Å². The molecule has 0 aliphatic carbocycles. The van der Waals surface area contributed by atoms with Crippen LogP contribution in [0.3, 0.4) is 0 Å². The minimum atomic E-state index is -0.146. The van der Waals surface area contributed by atoms with Gasteiger partial charge >= 0.3 is 0 Å². The third kappa shape index (κ3) is 7.48. The Morgan fingerprint density at radius 2 is 1.67 bits per heavy atom. The Kier molecular flexibility index (Phi) is 10.3. The molecule has 2 aliphatic rings. The van der Waals surface area contributed by atoms with E-state index in [1.165, 1.54) is 4.40 Å². The van der Waals surface area contributed by atoms with Crippen LogP contribution in [0.15, 0.2) is 77.9 Å². The third-order valence-electron chi connectivity index (χ3n) is 9.38. The molecule has 0 bridgehead atoms. The molecule has 5 aromatic rings. The van der Waals surface area contributed by atoms with E-state index in [2.05, 4.69) is 25.8 Å². The number of pyridine rings is 2. The summed E-state index contributed by atoms with van der Waals surface area (Å²) in [6, 6.07) is 19.2. The van der Waals surface area contributed by atoms with Gasteiger partial charge in [-0.05, 0) is 30.2 Å². The minimum Gasteiger partial charge on any atom is -0.481 e. The van der Waals surface area contributed by atoms with Crippen LogP contribution in [0.25, 0.3) is 39.2 Å². The third-order valence-corrected chi connectivity index (χ3v) is 10.2. The number of halogens is 2. The summed E-state index contributed by atoms with van der Waals surface area (Å²) >= 11 is 14.2. The molecule has 262 valence electrons. The maximum Gasteiger partial charge on any atom is 0.262 e. The number of hydrogen-bond acceptors (Lipinski definition) is 8. The predicted molar refractivity (Wildman–Crippen MR) is 198 cm³/mol. The van der Waals surface area contributed by atoms with E-state index in [-0.39, 0.29) is 23.4 Å². The summed E-state index contributed by atoms with van der Waals surface area (Å²) in [6.07, 6.45) is 5.14. The molecule has 0 spiro atoms. The Balaban J connectivity index is 1.13. The first-order chi connectivity index (χ1) is 24.8. The fourth-order valence-corrected chi connectivity index (χ4v) is 7.31. The fraction of sp³-hybridized carbons (Fsp3) is 0.289. The number of benzene rings is 2. The number of aromatic nitrogens is 3. The second-order valence-electron chi connectivity index (χ2n) is 12.7. The van der Waals surface area contributed by atoms with Gasteiger partial charge in [0.1, 0.15) is 5.65 Å². The molecule has 13 heteroatoms. The van der Waals surface area contributed by atoms with Crippen molar-refractivity contribution in [1.82, 2.24) is 35.2 Å². The van der Waals surface area contributed by atoms with Gasteiger partial charge < -0.3 is 20.7 Å². The zero-order chi connectivity index (χ0) is 35.5. The number of fused-ring (bicyclic) bond motifs is 1. The maximum atomic E-state index is 13.4. The van der Waals surface area contributed by atoms with Gasteiger partial charge in [-0.3, -0.25) is 23.7 Å². The van der Waals surface area contributed by atoms with Crippen LogP contribution < -0.4 is 26.2 Å². The highest BCUT2D eigenvalue weighted by molar-refractivity contribution is 6.39. The second-order valence-corrected chi connectivity index (χ2v) is 13.5. The molecule has 2 aliphatic heterocycles. The Labute approximate surface area is 305 Å². The smallest absolute Gasteiger partial charge is 0.262 e. The van der Waals surface area contributed by atoms with Crippen LogP contribution in [0.4, 0.5) is 0 Å². The molecule has 3 N–H and O–H groups in total. The molecule has 7 rings (SSSR count). The van der Waals surface area contributed by atoms with Crippen LogP contribution >= 0.6 is 23.2 Å². The number of rotatable bonds is 10. The number of nitrogens with one attached hydrogen (secondary N) is 3. The van der Waals surface area contributed by atoms with Crippen LogP contribution in [-0.2, 0) is 22.7 Å². The van der Waals surface area contributed by atoms with Crippen molar-refractivity contribution in [3.05, 3.63) is 105 Å².